The topological polar surface area (TPSA) is 66.5 Å². The number of benzene rings is 1. The number of likely N-dealkylation sites (tertiary alicyclic amines) is 1. The van der Waals surface area contributed by atoms with Gasteiger partial charge in [-0.15, -0.1) is 0 Å². The van der Waals surface area contributed by atoms with Crippen molar-refractivity contribution >= 4 is 23.4 Å². The maximum atomic E-state index is 12.5. The molecule has 0 aromatic heterocycles. The van der Waals surface area contributed by atoms with Crippen LogP contribution in [-0.4, -0.2) is 29.2 Å². The lowest BCUT2D eigenvalue weighted by Crippen LogP contribution is -2.38. The molecule has 132 valence electrons. The second-order valence-electron chi connectivity index (χ2n) is 7.76. The molecule has 1 aromatic carbocycles. The molecule has 0 bridgehead atoms. The predicted molar refractivity (Wildman–Crippen MR) is 95.8 cm³/mol. The van der Waals surface area contributed by atoms with E-state index in [2.05, 4.69) is 26.1 Å². The van der Waals surface area contributed by atoms with E-state index in [-0.39, 0.29) is 41.5 Å². The Morgan fingerprint density at radius 2 is 1.64 bits per heavy atom. The highest BCUT2D eigenvalue weighted by molar-refractivity contribution is 6.09. The van der Waals surface area contributed by atoms with Crippen LogP contribution in [0.2, 0.25) is 0 Å². The monoisotopic (exact) mass is 340 g/mol. The predicted octanol–water partition coefficient (Wildman–Crippen LogP) is 2.87. The molecular formula is C20H24N2O3. The minimum Gasteiger partial charge on any atom is -0.324 e. The number of imide groups is 1. The minimum atomic E-state index is -0.343. The summed E-state index contributed by atoms with van der Waals surface area (Å²) in [6, 6.07) is 7.61. The van der Waals surface area contributed by atoms with Crippen molar-refractivity contribution < 1.29 is 14.4 Å². The first-order chi connectivity index (χ1) is 11.8. The van der Waals surface area contributed by atoms with Crippen molar-refractivity contribution in [2.45, 2.75) is 39.0 Å². The SMILES string of the molecule is CC(C)(C)c1ccccc1NC(=O)CN1C(=O)C2CC=CCC2C1=O. The van der Waals surface area contributed by atoms with Gasteiger partial charge in [0.15, 0.2) is 0 Å². The van der Waals surface area contributed by atoms with Gasteiger partial charge in [0.05, 0.1) is 11.8 Å². The quantitative estimate of drug-likeness (QED) is 0.680. The smallest absolute Gasteiger partial charge is 0.244 e. The second kappa shape index (κ2) is 6.47. The molecular weight excluding hydrogens is 316 g/mol. The molecule has 0 saturated carbocycles. The van der Waals surface area contributed by atoms with Gasteiger partial charge in [0, 0.05) is 5.69 Å². The first kappa shape index (κ1) is 17.4. The Morgan fingerprint density at radius 1 is 1.08 bits per heavy atom. The molecule has 1 aliphatic carbocycles. The van der Waals surface area contributed by atoms with Crippen LogP contribution in [0, 0.1) is 11.8 Å². The fourth-order valence-electron chi connectivity index (χ4n) is 3.60. The van der Waals surface area contributed by atoms with Crippen molar-refractivity contribution in [2.75, 3.05) is 11.9 Å². The number of carbonyl (C=O) groups is 3. The Labute approximate surface area is 148 Å². The summed E-state index contributed by atoms with van der Waals surface area (Å²) in [6.07, 6.45) is 5.05. The van der Waals surface area contributed by atoms with Crippen LogP contribution in [-0.2, 0) is 19.8 Å². The highest BCUT2D eigenvalue weighted by Gasteiger charge is 2.47. The lowest BCUT2D eigenvalue weighted by Gasteiger charge is -2.23. The minimum absolute atomic E-state index is 0.121. The molecule has 0 spiro atoms. The normalized spacial score (nSPS) is 22.9. The number of anilines is 1. The lowest BCUT2D eigenvalue weighted by molar-refractivity contribution is -0.142. The van der Waals surface area contributed by atoms with Crippen LogP contribution in [0.3, 0.4) is 0 Å². The van der Waals surface area contributed by atoms with Gasteiger partial charge < -0.3 is 5.32 Å². The highest BCUT2D eigenvalue weighted by atomic mass is 16.2. The molecule has 1 aliphatic heterocycles. The Hall–Kier alpha value is -2.43. The van der Waals surface area contributed by atoms with Crippen molar-refractivity contribution in [3.63, 3.8) is 0 Å². The molecule has 1 aromatic rings. The van der Waals surface area contributed by atoms with Gasteiger partial charge in [0.2, 0.25) is 17.7 Å². The Bertz CT molecular complexity index is 720. The average Bonchev–Trinajstić information content (AvgIpc) is 2.80. The van der Waals surface area contributed by atoms with Crippen molar-refractivity contribution in [1.29, 1.82) is 0 Å². The van der Waals surface area contributed by atoms with Crippen LogP contribution in [0.15, 0.2) is 36.4 Å². The van der Waals surface area contributed by atoms with Crippen LogP contribution in [0.25, 0.3) is 0 Å². The van der Waals surface area contributed by atoms with Gasteiger partial charge in [-0.25, -0.2) is 0 Å². The maximum Gasteiger partial charge on any atom is 0.244 e. The van der Waals surface area contributed by atoms with Crippen LogP contribution in [0.5, 0.6) is 0 Å². The Kier molecular flexibility index (Phi) is 4.50. The number of fused-ring (bicyclic) bond motifs is 1. The number of amides is 3. The molecule has 1 heterocycles. The van der Waals surface area contributed by atoms with Gasteiger partial charge in [-0.05, 0) is 29.9 Å². The van der Waals surface area contributed by atoms with Gasteiger partial charge in [0.25, 0.3) is 0 Å². The summed E-state index contributed by atoms with van der Waals surface area (Å²) in [6.45, 7) is 6.00. The van der Waals surface area contributed by atoms with Crippen LogP contribution >= 0.6 is 0 Å². The Morgan fingerprint density at radius 3 is 2.20 bits per heavy atom. The van der Waals surface area contributed by atoms with E-state index in [0.717, 1.165) is 16.2 Å². The molecule has 2 atom stereocenters. The van der Waals surface area contributed by atoms with E-state index < -0.39 is 0 Å². The van der Waals surface area contributed by atoms with E-state index in [0.29, 0.717) is 12.8 Å². The van der Waals surface area contributed by atoms with Crippen molar-refractivity contribution in [1.82, 2.24) is 4.90 Å². The van der Waals surface area contributed by atoms with Gasteiger partial charge in [0.1, 0.15) is 6.54 Å². The largest absolute Gasteiger partial charge is 0.324 e. The number of para-hydroxylation sites is 1. The van der Waals surface area contributed by atoms with E-state index in [1.807, 2.05) is 36.4 Å². The van der Waals surface area contributed by atoms with Gasteiger partial charge >= 0.3 is 0 Å². The number of hydrogen-bond acceptors (Lipinski definition) is 3. The molecule has 2 unspecified atom stereocenters. The van der Waals surface area contributed by atoms with E-state index in [9.17, 15) is 14.4 Å². The maximum absolute atomic E-state index is 12.5. The molecule has 5 heteroatoms. The summed E-state index contributed by atoms with van der Waals surface area (Å²) >= 11 is 0. The number of rotatable bonds is 3. The zero-order valence-electron chi connectivity index (χ0n) is 14.9. The molecule has 1 saturated heterocycles. The third kappa shape index (κ3) is 3.36. The van der Waals surface area contributed by atoms with E-state index in [1.54, 1.807) is 0 Å². The number of allylic oxidation sites excluding steroid dienone is 2. The zero-order valence-corrected chi connectivity index (χ0v) is 14.9. The summed E-state index contributed by atoms with van der Waals surface area (Å²) in [5.41, 5.74) is 1.61. The van der Waals surface area contributed by atoms with Crippen molar-refractivity contribution in [2.24, 2.45) is 11.8 Å². The van der Waals surface area contributed by atoms with Crippen LogP contribution in [0.1, 0.15) is 39.2 Å². The molecule has 0 radical (unpaired) electrons. The molecule has 3 amide bonds. The number of nitrogens with zero attached hydrogens (tertiary/aromatic N) is 1. The molecule has 5 nitrogen and oxygen atoms in total. The fourth-order valence-corrected chi connectivity index (χ4v) is 3.60. The van der Waals surface area contributed by atoms with Crippen molar-refractivity contribution in [3.8, 4) is 0 Å². The van der Waals surface area contributed by atoms with E-state index in [1.165, 1.54) is 0 Å². The first-order valence-electron chi connectivity index (χ1n) is 8.68. The second-order valence-corrected chi connectivity index (χ2v) is 7.76. The van der Waals surface area contributed by atoms with Gasteiger partial charge in [-0.2, -0.15) is 0 Å². The van der Waals surface area contributed by atoms with Crippen molar-refractivity contribution in [3.05, 3.63) is 42.0 Å². The average molecular weight is 340 g/mol. The zero-order chi connectivity index (χ0) is 18.2. The highest BCUT2D eigenvalue weighted by Crippen LogP contribution is 2.35. The van der Waals surface area contributed by atoms with E-state index >= 15 is 0 Å². The first-order valence-corrected chi connectivity index (χ1v) is 8.68. The summed E-state index contributed by atoms with van der Waals surface area (Å²) < 4.78 is 0. The number of hydrogen-bond donors (Lipinski definition) is 1. The lowest BCUT2D eigenvalue weighted by atomic mass is 9.85. The molecule has 3 rings (SSSR count). The molecule has 25 heavy (non-hydrogen) atoms. The van der Waals surface area contributed by atoms with E-state index in [4.69, 9.17) is 0 Å². The molecule has 1 fully saturated rings. The summed E-state index contributed by atoms with van der Waals surface area (Å²) in [5, 5.41) is 2.87. The summed E-state index contributed by atoms with van der Waals surface area (Å²) in [4.78, 5) is 38.5. The number of carbonyl (C=O) groups excluding carboxylic acids is 3. The third-order valence-electron chi connectivity index (χ3n) is 4.91. The fraction of sp³-hybridized carbons (Fsp3) is 0.450. The van der Waals surface area contributed by atoms with Gasteiger partial charge in [-0.1, -0.05) is 51.1 Å². The third-order valence-corrected chi connectivity index (χ3v) is 4.91. The molecule has 1 N–H and O–H groups in total. The van der Waals surface area contributed by atoms with Gasteiger partial charge in [-0.3, -0.25) is 19.3 Å². The molecule has 2 aliphatic rings. The Balaban J connectivity index is 1.72. The standard InChI is InChI=1S/C20H24N2O3/c1-20(2,3)15-10-6-7-11-16(15)21-17(23)12-22-18(24)13-8-4-5-9-14(13)19(22)25/h4-7,10-11,13-14H,8-9,12H2,1-3H3,(H,21,23). The summed E-state index contributed by atoms with van der Waals surface area (Å²) in [5.74, 6) is -1.39. The van der Waals surface area contributed by atoms with Crippen LogP contribution in [0.4, 0.5) is 5.69 Å². The summed E-state index contributed by atoms with van der Waals surface area (Å²) in [7, 11) is 0. The van der Waals surface area contributed by atoms with Crippen LogP contribution < -0.4 is 5.32 Å². The number of nitrogens with one attached hydrogen (secondary N) is 1.